The molecule has 1 aromatic rings. The quantitative estimate of drug-likeness (QED) is 0.559. The second-order valence-electron chi connectivity index (χ2n) is 9.38. The van der Waals surface area contributed by atoms with Crippen LogP contribution in [0.2, 0.25) is 0 Å². The monoisotopic (exact) mass is 434 g/mol. The van der Waals surface area contributed by atoms with Crippen LogP contribution in [0.25, 0.3) is 0 Å². The zero-order valence-corrected chi connectivity index (χ0v) is 18.7. The molecule has 1 aliphatic heterocycles. The fraction of sp³-hybridized carbons (Fsp3) is 0.636. The van der Waals surface area contributed by atoms with Crippen LogP contribution in [0.15, 0.2) is 10.5 Å². The summed E-state index contributed by atoms with van der Waals surface area (Å²) >= 11 is 0. The molecular formula is C22H30N2O7. The minimum atomic E-state index is -0.924. The second kappa shape index (κ2) is 8.36. The van der Waals surface area contributed by atoms with E-state index < -0.39 is 30.1 Å². The number of amides is 3. The minimum Gasteiger partial charge on any atom is -0.465 e. The van der Waals surface area contributed by atoms with Gasteiger partial charge in [-0.1, -0.05) is 20.8 Å². The lowest BCUT2D eigenvalue weighted by atomic mass is 9.67. The summed E-state index contributed by atoms with van der Waals surface area (Å²) < 4.78 is 15.2. The van der Waals surface area contributed by atoms with E-state index >= 15 is 0 Å². The van der Waals surface area contributed by atoms with Crippen molar-refractivity contribution in [1.29, 1.82) is 0 Å². The Kier molecular flexibility index (Phi) is 6.16. The third-order valence-corrected chi connectivity index (χ3v) is 6.35. The fourth-order valence-corrected chi connectivity index (χ4v) is 4.39. The maximum absolute atomic E-state index is 13.0. The first-order chi connectivity index (χ1) is 14.5. The molecule has 1 aromatic heterocycles. The molecule has 2 aliphatic rings. The maximum atomic E-state index is 13.0. The number of ether oxygens (including phenoxy) is 2. The minimum absolute atomic E-state index is 0.148. The van der Waals surface area contributed by atoms with E-state index in [0.29, 0.717) is 24.5 Å². The summed E-state index contributed by atoms with van der Waals surface area (Å²) in [6.45, 7) is 7.45. The Bertz CT molecular complexity index is 888. The van der Waals surface area contributed by atoms with Crippen molar-refractivity contribution in [2.45, 2.75) is 65.5 Å². The first kappa shape index (κ1) is 22.8. The molecule has 1 N–H and O–H groups in total. The molecule has 0 radical (unpaired) electrons. The summed E-state index contributed by atoms with van der Waals surface area (Å²) in [6.07, 6.45) is 2.81. The summed E-state index contributed by atoms with van der Waals surface area (Å²) in [5.74, 6) is -0.570. The van der Waals surface area contributed by atoms with Crippen LogP contribution in [-0.4, -0.2) is 48.0 Å². The van der Waals surface area contributed by atoms with Gasteiger partial charge in [-0.15, -0.1) is 0 Å². The normalized spacial score (nSPS) is 23.8. The van der Waals surface area contributed by atoms with E-state index in [1.54, 1.807) is 6.92 Å². The smallest absolute Gasteiger partial charge is 0.341 e. The third kappa shape index (κ3) is 4.60. The summed E-state index contributed by atoms with van der Waals surface area (Å²) in [5, 5.41) is 2.81. The Morgan fingerprint density at radius 1 is 1.26 bits per heavy atom. The molecule has 3 rings (SSSR count). The molecular weight excluding hydrogens is 404 g/mol. The lowest BCUT2D eigenvalue weighted by molar-refractivity contribution is -0.149. The Morgan fingerprint density at radius 2 is 1.90 bits per heavy atom. The van der Waals surface area contributed by atoms with Gasteiger partial charge in [0.1, 0.15) is 35.8 Å². The van der Waals surface area contributed by atoms with Gasteiger partial charge in [0.15, 0.2) is 0 Å². The van der Waals surface area contributed by atoms with E-state index in [4.69, 9.17) is 9.15 Å². The number of nitrogens with zero attached hydrogens (tertiary/aromatic N) is 1. The van der Waals surface area contributed by atoms with E-state index in [2.05, 4.69) is 30.8 Å². The van der Waals surface area contributed by atoms with Crippen LogP contribution < -0.4 is 5.32 Å². The molecule has 1 saturated heterocycles. The number of rotatable bonds is 5. The maximum Gasteiger partial charge on any atom is 0.341 e. The van der Waals surface area contributed by atoms with Crippen molar-refractivity contribution < 1.29 is 33.1 Å². The average molecular weight is 434 g/mol. The molecule has 2 heterocycles. The van der Waals surface area contributed by atoms with E-state index in [9.17, 15) is 19.2 Å². The highest BCUT2D eigenvalue weighted by Crippen LogP contribution is 2.43. The SMILES string of the molecule is COC(=O)c1cc(COC(=O)CN2C(=O)NC3(CCC(C(C)(C)C)CC3)C2=O)oc1C. The fourth-order valence-electron chi connectivity index (χ4n) is 4.39. The standard InChI is InChI=1S/C22H30N2O7/c1-13-16(18(26)29-5)10-15(31-13)12-30-17(25)11-24-19(27)22(23-20(24)28)8-6-14(7-9-22)21(2,3)4/h10,14H,6-9,11-12H2,1-5H3,(H,23,28). The molecule has 170 valence electrons. The molecule has 0 atom stereocenters. The molecule has 1 spiro atoms. The van der Waals surface area contributed by atoms with Gasteiger partial charge < -0.3 is 19.2 Å². The first-order valence-electron chi connectivity index (χ1n) is 10.4. The van der Waals surface area contributed by atoms with E-state index in [0.717, 1.165) is 17.7 Å². The van der Waals surface area contributed by atoms with Crippen LogP contribution in [-0.2, 0) is 25.7 Å². The third-order valence-electron chi connectivity index (χ3n) is 6.35. The Balaban J connectivity index is 1.57. The van der Waals surface area contributed by atoms with Gasteiger partial charge in [0, 0.05) is 0 Å². The van der Waals surface area contributed by atoms with Gasteiger partial charge >= 0.3 is 18.0 Å². The molecule has 0 aromatic carbocycles. The highest BCUT2D eigenvalue weighted by molar-refractivity contribution is 6.08. The Morgan fingerprint density at radius 3 is 2.48 bits per heavy atom. The number of urea groups is 1. The number of imide groups is 1. The number of carbonyl (C=O) groups excluding carboxylic acids is 4. The van der Waals surface area contributed by atoms with Gasteiger partial charge in [-0.25, -0.2) is 9.59 Å². The zero-order valence-electron chi connectivity index (χ0n) is 18.7. The highest BCUT2D eigenvalue weighted by atomic mass is 16.5. The Hall–Kier alpha value is -2.84. The summed E-state index contributed by atoms with van der Waals surface area (Å²) in [5.41, 5.74) is -0.531. The van der Waals surface area contributed by atoms with Crippen molar-refractivity contribution in [3.05, 3.63) is 23.2 Å². The number of hydrogen-bond donors (Lipinski definition) is 1. The molecule has 9 heteroatoms. The van der Waals surface area contributed by atoms with Gasteiger partial charge in [0.25, 0.3) is 5.91 Å². The van der Waals surface area contributed by atoms with Crippen LogP contribution in [0.1, 0.15) is 68.3 Å². The second-order valence-corrected chi connectivity index (χ2v) is 9.38. The van der Waals surface area contributed by atoms with Gasteiger partial charge in [0.2, 0.25) is 0 Å². The number of carbonyl (C=O) groups is 4. The van der Waals surface area contributed by atoms with Gasteiger partial charge in [0.05, 0.1) is 7.11 Å². The van der Waals surface area contributed by atoms with Crippen molar-refractivity contribution in [2.24, 2.45) is 11.3 Å². The number of aryl methyl sites for hydroxylation is 1. The topological polar surface area (TPSA) is 115 Å². The van der Waals surface area contributed by atoms with Crippen molar-refractivity contribution in [1.82, 2.24) is 10.2 Å². The van der Waals surface area contributed by atoms with Crippen molar-refractivity contribution in [3.8, 4) is 0 Å². The first-order valence-corrected chi connectivity index (χ1v) is 10.4. The van der Waals surface area contributed by atoms with E-state index in [1.165, 1.54) is 13.2 Å². The van der Waals surface area contributed by atoms with Crippen molar-refractivity contribution in [3.63, 3.8) is 0 Å². The van der Waals surface area contributed by atoms with Crippen molar-refractivity contribution in [2.75, 3.05) is 13.7 Å². The van der Waals surface area contributed by atoms with Crippen molar-refractivity contribution >= 4 is 23.9 Å². The lowest BCUT2D eigenvalue weighted by Gasteiger charge is -2.40. The van der Waals surface area contributed by atoms with Crippen LogP contribution in [0.3, 0.4) is 0 Å². The summed E-state index contributed by atoms with van der Waals surface area (Å²) in [6, 6.07) is 0.864. The van der Waals surface area contributed by atoms with E-state index in [-0.39, 0.29) is 29.3 Å². The number of methoxy groups -OCH3 is 1. The number of furan rings is 1. The Labute approximate surface area is 181 Å². The molecule has 0 unspecified atom stereocenters. The van der Waals surface area contributed by atoms with Crippen LogP contribution >= 0.6 is 0 Å². The lowest BCUT2D eigenvalue weighted by Crippen LogP contribution is -2.50. The molecule has 0 bridgehead atoms. The molecule has 1 saturated carbocycles. The molecule has 9 nitrogen and oxygen atoms in total. The highest BCUT2D eigenvalue weighted by Gasteiger charge is 2.53. The molecule has 2 fully saturated rings. The molecule has 1 aliphatic carbocycles. The van der Waals surface area contributed by atoms with Gasteiger partial charge in [-0.2, -0.15) is 0 Å². The molecule has 31 heavy (non-hydrogen) atoms. The zero-order chi connectivity index (χ0) is 23.0. The predicted octanol–water partition coefficient (Wildman–Crippen LogP) is 2.94. The summed E-state index contributed by atoms with van der Waals surface area (Å²) in [4.78, 5) is 50.2. The number of esters is 2. The summed E-state index contributed by atoms with van der Waals surface area (Å²) in [7, 11) is 1.26. The largest absolute Gasteiger partial charge is 0.465 e. The van der Waals surface area contributed by atoms with Crippen LogP contribution in [0.4, 0.5) is 4.79 Å². The molecule has 3 amide bonds. The number of hydrogen-bond acceptors (Lipinski definition) is 7. The van der Waals surface area contributed by atoms with Gasteiger partial charge in [-0.3, -0.25) is 14.5 Å². The van der Waals surface area contributed by atoms with Crippen LogP contribution in [0.5, 0.6) is 0 Å². The average Bonchev–Trinajstić information content (AvgIpc) is 3.18. The van der Waals surface area contributed by atoms with E-state index in [1.807, 2.05) is 0 Å². The van der Waals surface area contributed by atoms with Crippen LogP contribution in [0, 0.1) is 18.3 Å². The predicted molar refractivity (Wildman–Crippen MR) is 109 cm³/mol. The number of nitrogens with one attached hydrogen (secondary N) is 1. The van der Waals surface area contributed by atoms with Gasteiger partial charge in [-0.05, 0) is 50.0 Å².